The van der Waals surface area contributed by atoms with Crippen molar-refractivity contribution in [2.75, 3.05) is 6.54 Å². The number of nitrogens with two attached hydrogens (primary N) is 1. The zero-order chi connectivity index (χ0) is 13.1. The molecule has 106 valence electrons. The third kappa shape index (κ3) is 8.55. The third-order valence-corrected chi connectivity index (χ3v) is 2.67. The van der Waals surface area contributed by atoms with Crippen LogP contribution < -0.4 is 5.73 Å². The van der Waals surface area contributed by atoms with Gasteiger partial charge >= 0.3 is 0 Å². The Bertz CT molecular complexity index is 360. The second-order valence-corrected chi connectivity index (χ2v) is 4.18. The van der Waals surface area contributed by atoms with Gasteiger partial charge in [0.1, 0.15) is 0 Å². The molecule has 0 spiro atoms. The first-order valence-corrected chi connectivity index (χ1v) is 6.48. The van der Waals surface area contributed by atoms with E-state index in [1.807, 2.05) is 54.6 Å². The summed E-state index contributed by atoms with van der Waals surface area (Å²) >= 11 is 0. The fourth-order valence-corrected chi connectivity index (χ4v) is 1.65. The molecule has 1 aromatic rings. The summed E-state index contributed by atoms with van der Waals surface area (Å²) in [4.78, 5) is 0. The van der Waals surface area contributed by atoms with Crippen molar-refractivity contribution in [3.05, 3.63) is 66.0 Å². The fraction of sp³-hybridized carbons (Fsp3) is 0.312. The minimum Gasteiger partial charge on any atom is -0.512 e. The molecule has 1 aliphatic rings. The summed E-state index contributed by atoms with van der Waals surface area (Å²) < 4.78 is 0. The standard InChI is InChI=1S/C11H17NO.C5H5.Fe/c12-9-5-1-2-8-11(13)10-6-3-4-7-10;1-2-4-5-3-1;/h3-4,6-7,13H,1-2,5,8-9,12H2;1-5H;/q;-1;. The number of aliphatic hydroxyl groups excluding tert-OH is 1. The molecule has 19 heavy (non-hydrogen) atoms. The molecule has 3 N–H and O–H groups in total. The summed E-state index contributed by atoms with van der Waals surface area (Å²) in [5.74, 6) is 0.502. The van der Waals surface area contributed by atoms with Crippen LogP contribution in [0.1, 0.15) is 25.7 Å². The predicted octanol–water partition coefficient (Wildman–Crippen LogP) is 3.85. The molecule has 0 aromatic heterocycles. The van der Waals surface area contributed by atoms with Gasteiger partial charge in [0.2, 0.25) is 0 Å². The van der Waals surface area contributed by atoms with E-state index in [1.54, 1.807) is 0 Å². The van der Waals surface area contributed by atoms with Gasteiger partial charge in [0.05, 0.1) is 5.76 Å². The Balaban J connectivity index is 0.000000454. The van der Waals surface area contributed by atoms with Gasteiger partial charge in [-0.1, -0.05) is 30.7 Å². The van der Waals surface area contributed by atoms with Crippen LogP contribution in [0, 0.1) is 0 Å². The largest absolute Gasteiger partial charge is 0.512 e. The van der Waals surface area contributed by atoms with Crippen LogP contribution in [0.25, 0.3) is 0 Å². The second kappa shape index (κ2) is 11.9. The third-order valence-electron chi connectivity index (χ3n) is 2.67. The topological polar surface area (TPSA) is 46.2 Å². The Kier molecular flexibility index (Phi) is 11.2. The van der Waals surface area contributed by atoms with Crippen molar-refractivity contribution in [2.24, 2.45) is 5.73 Å². The van der Waals surface area contributed by atoms with Crippen LogP contribution in [-0.2, 0) is 17.1 Å². The molecule has 1 aliphatic carbocycles. The summed E-state index contributed by atoms with van der Waals surface area (Å²) in [5, 5.41) is 9.59. The van der Waals surface area contributed by atoms with Gasteiger partial charge < -0.3 is 10.8 Å². The molecule has 0 bridgehead atoms. The smallest absolute Gasteiger partial charge is 0.0994 e. The molecule has 2 nitrogen and oxygen atoms in total. The Labute approximate surface area is 126 Å². The fourth-order valence-electron chi connectivity index (χ4n) is 1.65. The molecule has 0 saturated carbocycles. The Morgan fingerprint density at radius 3 is 2.16 bits per heavy atom. The van der Waals surface area contributed by atoms with E-state index in [9.17, 15) is 5.11 Å². The maximum atomic E-state index is 9.59. The Hall–Kier alpha value is -1.15. The number of hydrogen-bond acceptors (Lipinski definition) is 2. The minimum atomic E-state index is 0. The minimum absolute atomic E-state index is 0. The molecular formula is C16H22FeNO-. The molecular weight excluding hydrogens is 278 g/mol. The summed E-state index contributed by atoms with van der Waals surface area (Å²) in [6.45, 7) is 0.747. The quantitative estimate of drug-likeness (QED) is 0.375. The van der Waals surface area contributed by atoms with E-state index in [-0.39, 0.29) is 17.1 Å². The van der Waals surface area contributed by atoms with E-state index in [1.165, 1.54) is 0 Å². The molecule has 0 aliphatic heterocycles. The average Bonchev–Trinajstić information content (AvgIpc) is 3.09. The van der Waals surface area contributed by atoms with Crippen LogP contribution in [0.5, 0.6) is 0 Å². The first-order valence-electron chi connectivity index (χ1n) is 6.48. The van der Waals surface area contributed by atoms with Crippen molar-refractivity contribution in [1.29, 1.82) is 0 Å². The van der Waals surface area contributed by atoms with Crippen molar-refractivity contribution in [2.45, 2.75) is 25.7 Å². The van der Waals surface area contributed by atoms with E-state index in [2.05, 4.69) is 0 Å². The summed E-state index contributed by atoms with van der Waals surface area (Å²) in [5.41, 5.74) is 6.32. The zero-order valence-electron chi connectivity index (χ0n) is 11.1. The molecule has 3 heteroatoms. The Morgan fingerprint density at radius 1 is 1.05 bits per heavy atom. The molecule has 0 radical (unpaired) electrons. The van der Waals surface area contributed by atoms with Gasteiger partial charge in [-0.2, -0.15) is 18.2 Å². The van der Waals surface area contributed by atoms with E-state index in [4.69, 9.17) is 5.73 Å². The first-order chi connectivity index (χ1) is 8.84. The molecule has 0 fully saturated rings. The Morgan fingerprint density at radius 2 is 1.68 bits per heavy atom. The van der Waals surface area contributed by atoms with Crippen LogP contribution >= 0.6 is 0 Å². The van der Waals surface area contributed by atoms with Gasteiger partial charge in [-0.3, -0.25) is 0 Å². The van der Waals surface area contributed by atoms with Gasteiger partial charge in [-0.05, 0) is 19.4 Å². The van der Waals surface area contributed by atoms with E-state index < -0.39 is 0 Å². The van der Waals surface area contributed by atoms with E-state index >= 15 is 0 Å². The van der Waals surface area contributed by atoms with Crippen LogP contribution in [0.4, 0.5) is 0 Å². The molecule has 0 atom stereocenters. The van der Waals surface area contributed by atoms with Crippen LogP contribution in [0.2, 0.25) is 0 Å². The van der Waals surface area contributed by atoms with E-state index in [0.29, 0.717) is 5.76 Å². The van der Waals surface area contributed by atoms with Gasteiger partial charge in [0.15, 0.2) is 0 Å². The molecule has 0 heterocycles. The number of unbranched alkanes of at least 4 members (excludes halogenated alkanes) is 2. The molecule has 1 aromatic carbocycles. The van der Waals surface area contributed by atoms with Gasteiger partial charge in [0.25, 0.3) is 0 Å². The SMILES string of the molecule is NCCCCCC(O)=C1C=CC=C1.[Fe].c1cc[cH-]c1. The van der Waals surface area contributed by atoms with Gasteiger partial charge in [-0.15, -0.1) is 0 Å². The number of hydrogen-bond donors (Lipinski definition) is 2. The number of rotatable bonds is 5. The normalized spacial score (nSPS) is 11.7. The maximum absolute atomic E-state index is 9.59. The predicted molar refractivity (Wildman–Crippen MR) is 77.5 cm³/mol. The molecule has 0 unspecified atom stereocenters. The molecule has 0 saturated heterocycles. The van der Waals surface area contributed by atoms with Crippen LogP contribution in [0.3, 0.4) is 0 Å². The summed E-state index contributed by atoms with van der Waals surface area (Å²) in [6.07, 6.45) is 11.7. The van der Waals surface area contributed by atoms with Crippen LogP contribution in [0.15, 0.2) is 66.0 Å². The first kappa shape index (κ1) is 17.8. The number of allylic oxidation sites excluding steroid dienone is 6. The zero-order valence-corrected chi connectivity index (χ0v) is 12.2. The van der Waals surface area contributed by atoms with Crippen molar-refractivity contribution in [3.8, 4) is 0 Å². The van der Waals surface area contributed by atoms with E-state index in [0.717, 1.165) is 37.8 Å². The van der Waals surface area contributed by atoms with Gasteiger partial charge in [0, 0.05) is 29.1 Å². The number of aliphatic hydroxyl groups is 1. The van der Waals surface area contributed by atoms with Gasteiger partial charge in [-0.25, -0.2) is 12.1 Å². The van der Waals surface area contributed by atoms with Crippen molar-refractivity contribution < 1.29 is 22.2 Å². The molecule has 0 amide bonds. The maximum Gasteiger partial charge on any atom is 0.0994 e. The van der Waals surface area contributed by atoms with Crippen molar-refractivity contribution >= 4 is 0 Å². The molecule has 2 rings (SSSR count). The van der Waals surface area contributed by atoms with Crippen molar-refractivity contribution in [3.63, 3.8) is 0 Å². The summed E-state index contributed by atoms with van der Waals surface area (Å²) in [6, 6.07) is 10.0. The van der Waals surface area contributed by atoms with Crippen LogP contribution in [-0.4, -0.2) is 11.7 Å². The van der Waals surface area contributed by atoms with Crippen molar-refractivity contribution in [1.82, 2.24) is 0 Å². The monoisotopic (exact) mass is 300 g/mol. The summed E-state index contributed by atoms with van der Waals surface area (Å²) in [7, 11) is 0. The second-order valence-electron chi connectivity index (χ2n) is 4.18. The average molecular weight is 300 g/mol.